The molecule has 0 amide bonds. The van der Waals surface area contributed by atoms with Crippen LogP contribution in [0.5, 0.6) is 0 Å². The van der Waals surface area contributed by atoms with E-state index in [0.717, 1.165) is 37.0 Å². The first-order valence-electron chi connectivity index (χ1n) is 5.97. The van der Waals surface area contributed by atoms with Crippen molar-refractivity contribution in [1.29, 1.82) is 0 Å². The lowest BCUT2D eigenvalue weighted by molar-refractivity contribution is 0.272. The summed E-state index contributed by atoms with van der Waals surface area (Å²) in [5.74, 6) is 2.50. The molecule has 0 aromatic carbocycles. The Balaban J connectivity index is 1.64. The largest absolute Gasteiger partial charge is 0.339 e. The van der Waals surface area contributed by atoms with E-state index in [-0.39, 0.29) is 0 Å². The summed E-state index contributed by atoms with van der Waals surface area (Å²) in [4.78, 5) is 4.47. The molecule has 82 valence electrons. The van der Waals surface area contributed by atoms with E-state index in [4.69, 9.17) is 4.52 Å². The van der Waals surface area contributed by atoms with Crippen LogP contribution in [0.1, 0.15) is 49.9 Å². The molecule has 1 atom stereocenters. The summed E-state index contributed by atoms with van der Waals surface area (Å²) in [5.41, 5.74) is 0. The van der Waals surface area contributed by atoms with Crippen LogP contribution in [0.15, 0.2) is 4.52 Å². The van der Waals surface area contributed by atoms with Crippen molar-refractivity contribution < 1.29 is 4.52 Å². The molecule has 1 saturated carbocycles. The Kier molecular flexibility index (Phi) is 2.44. The molecular formula is C11H17N3O. The fourth-order valence-electron chi connectivity index (χ4n) is 2.34. The van der Waals surface area contributed by atoms with Crippen molar-refractivity contribution in [3.63, 3.8) is 0 Å². The first-order chi connectivity index (χ1) is 7.42. The molecule has 4 heteroatoms. The highest BCUT2D eigenvalue weighted by Crippen LogP contribution is 2.29. The second kappa shape index (κ2) is 3.93. The van der Waals surface area contributed by atoms with Crippen molar-refractivity contribution >= 4 is 0 Å². The lowest BCUT2D eigenvalue weighted by Crippen LogP contribution is -2.15. The van der Waals surface area contributed by atoms with Gasteiger partial charge in [-0.2, -0.15) is 4.98 Å². The Labute approximate surface area is 89.4 Å². The maximum Gasteiger partial charge on any atom is 0.226 e. The molecule has 4 nitrogen and oxygen atoms in total. The van der Waals surface area contributed by atoms with Gasteiger partial charge in [-0.05, 0) is 38.1 Å². The highest BCUT2D eigenvalue weighted by Gasteiger charge is 2.24. The summed E-state index contributed by atoms with van der Waals surface area (Å²) in [7, 11) is 0. The zero-order valence-corrected chi connectivity index (χ0v) is 8.91. The standard InChI is InChI=1S/C11H17N3O/c1-3-8(4-1)7-10-13-11(14-15-10)9-5-2-6-12-9/h8-9,12H,1-7H2. The van der Waals surface area contributed by atoms with E-state index in [1.165, 1.54) is 25.7 Å². The Morgan fingerprint density at radius 3 is 2.87 bits per heavy atom. The van der Waals surface area contributed by atoms with Gasteiger partial charge in [0.1, 0.15) is 0 Å². The Hall–Kier alpha value is -0.900. The summed E-state index contributed by atoms with van der Waals surface area (Å²) in [6.45, 7) is 1.08. The van der Waals surface area contributed by atoms with Crippen molar-refractivity contribution in [2.24, 2.45) is 5.92 Å². The van der Waals surface area contributed by atoms with Crippen molar-refractivity contribution in [1.82, 2.24) is 15.5 Å². The van der Waals surface area contributed by atoms with E-state index < -0.39 is 0 Å². The fourth-order valence-corrected chi connectivity index (χ4v) is 2.34. The predicted octanol–water partition coefficient (Wildman–Crippen LogP) is 1.84. The van der Waals surface area contributed by atoms with Crippen LogP contribution < -0.4 is 5.32 Å². The van der Waals surface area contributed by atoms with E-state index in [2.05, 4.69) is 15.5 Å². The number of nitrogens with one attached hydrogen (secondary N) is 1. The molecule has 1 N–H and O–H groups in total. The first kappa shape index (κ1) is 9.33. The van der Waals surface area contributed by atoms with Crippen LogP contribution in [0.25, 0.3) is 0 Å². The lowest BCUT2D eigenvalue weighted by atomic mass is 9.83. The smallest absolute Gasteiger partial charge is 0.226 e. The van der Waals surface area contributed by atoms with E-state index in [1.54, 1.807) is 0 Å². The van der Waals surface area contributed by atoms with Crippen molar-refractivity contribution in [2.45, 2.75) is 44.6 Å². The first-order valence-corrected chi connectivity index (χ1v) is 5.97. The zero-order chi connectivity index (χ0) is 10.1. The molecule has 2 aliphatic rings. The van der Waals surface area contributed by atoms with Gasteiger partial charge in [-0.15, -0.1) is 0 Å². The van der Waals surface area contributed by atoms with Crippen molar-refractivity contribution in [2.75, 3.05) is 6.54 Å². The second-order valence-electron chi connectivity index (χ2n) is 4.70. The van der Waals surface area contributed by atoms with Crippen LogP contribution in [0, 0.1) is 5.92 Å². The summed E-state index contributed by atoms with van der Waals surface area (Å²) >= 11 is 0. The maximum absolute atomic E-state index is 5.28. The van der Waals surface area contributed by atoms with Gasteiger partial charge in [0.05, 0.1) is 6.04 Å². The number of nitrogens with zero attached hydrogens (tertiary/aromatic N) is 2. The molecule has 2 heterocycles. The van der Waals surface area contributed by atoms with E-state index in [0.29, 0.717) is 6.04 Å². The molecule has 2 fully saturated rings. The Bertz CT molecular complexity index is 326. The minimum Gasteiger partial charge on any atom is -0.339 e. The molecular weight excluding hydrogens is 190 g/mol. The lowest BCUT2D eigenvalue weighted by Gasteiger charge is -2.23. The number of hydrogen-bond acceptors (Lipinski definition) is 4. The van der Waals surface area contributed by atoms with Crippen LogP contribution in [-0.2, 0) is 6.42 Å². The molecule has 0 bridgehead atoms. The summed E-state index contributed by atoms with van der Waals surface area (Å²) in [6.07, 6.45) is 7.38. The average molecular weight is 207 g/mol. The van der Waals surface area contributed by atoms with Gasteiger partial charge in [-0.1, -0.05) is 11.6 Å². The van der Waals surface area contributed by atoms with Gasteiger partial charge in [0.25, 0.3) is 0 Å². The molecule has 1 aromatic heterocycles. The van der Waals surface area contributed by atoms with Gasteiger partial charge in [0.15, 0.2) is 5.82 Å². The molecule has 1 aliphatic carbocycles. The third kappa shape index (κ3) is 1.91. The number of aromatic nitrogens is 2. The van der Waals surface area contributed by atoms with Gasteiger partial charge in [-0.3, -0.25) is 0 Å². The normalized spacial score (nSPS) is 26.8. The molecule has 1 unspecified atom stereocenters. The minimum absolute atomic E-state index is 0.337. The maximum atomic E-state index is 5.28. The van der Waals surface area contributed by atoms with Crippen LogP contribution >= 0.6 is 0 Å². The van der Waals surface area contributed by atoms with Crippen molar-refractivity contribution in [3.8, 4) is 0 Å². The molecule has 0 spiro atoms. The quantitative estimate of drug-likeness (QED) is 0.821. The number of hydrogen-bond donors (Lipinski definition) is 1. The van der Waals surface area contributed by atoms with Crippen LogP contribution in [0.3, 0.4) is 0 Å². The second-order valence-corrected chi connectivity index (χ2v) is 4.70. The third-order valence-electron chi connectivity index (χ3n) is 3.54. The minimum atomic E-state index is 0.337. The van der Waals surface area contributed by atoms with Gasteiger partial charge in [0.2, 0.25) is 5.89 Å². The van der Waals surface area contributed by atoms with E-state index in [9.17, 15) is 0 Å². The molecule has 1 aliphatic heterocycles. The molecule has 1 aromatic rings. The zero-order valence-electron chi connectivity index (χ0n) is 8.91. The molecule has 3 rings (SSSR count). The Morgan fingerprint density at radius 1 is 1.27 bits per heavy atom. The molecule has 15 heavy (non-hydrogen) atoms. The predicted molar refractivity (Wildman–Crippen MR) is 55.3 cm³/mol. The highest BCUT2D eigenvalue weighted by atomic mass is 16.5. The molecule has 1 saturated heterocycles. The summed E-state index contributed by atoms with van der Waals surface area (Å²) in [5, 5.41) is 7.44. The summed E-state index contributed by atoms with van der Waals surface area (Å²) < 4.78 is 5.28. The van der Waals surface area contributed by atoms with Gasteiger partial charge >= 0.3 is 0 Å². The number of rotatable bonds is 3. The van der Waals surface area contributed by atoms with Crippen molar-refractivity contribution in [3.05, 3.63) is 11.7 Å². The van der Waals surface area contributed by atoms with Crippen LogP contribution in [0.4, 0.5) is 0 Å². The Morgan fingerprint density at radius 2 is 2.20 bits per heavy atom. The van der Waals surface area contributed by atoms with Gasteiger partial charge < -0.3 is 9.84 Å². The van der Waals surface area contributed by atoms with E-state index >= 15 is 0 Å². The fraction of sp³-hybridized carbons (Fsp3) is 0.818. The average Bonchev–Trinajstić information content (AvgIpc) is 2.82. The monoisotopic (exact) mass is 207 g/mol. The summed E-state index contributed by atoms with van der Waals surface area (Å²) in [6, 6.07) is 0.337. The van der Waals surface area contributed by atoms with Gasteiger partial charge in [-0.25, -0.2) is 0 Å². The molecule has 0 radical (unpaired) electrons. The SMILES string of the molecule is C1CC(Cc2nc(C3CCCN3)no2)C1. The topological polar surface area (TPSA) is 51.0 Å². The highest BCUT2D eigenvalue weighted by molar-refractivity contribution is 4.97. The van der Waals surface area contributed by atoms with Crippen LogP contribution in [-0.4, -0.2) is 16.7 Å². The third-order valence-corrected chi connectivity index (χ3v) is 3.54. The van der Waals surface area contributed by atoms with Crippen LogP contribution in [0.2, 0.25) is 0 Å². The van der Waals surface area contributed by atoms with E-state index in [1.807, 2.05) is 0 Å². The van der Waals surface area contributed by atoms with Gasteiger partial charge in [0, 0.05) is 6.42 Å².